The molecule has 86 valence electrons. The van der Waals surface area contributed by atoms with Crippen LogP contribution in [0.2, 0.25) is 0 Å². The molecule has 0 aromatic rings. The number of nitrogens with one attached hydrogen (secondary N) is 1. The van der Waals surface area contributed by atoms with Crippen molar-refractivity contribution in [3.05, 3.63) is 0 Å². The molecule has 1 heterocycles. The third kappa shape index (κ3) is 3.51. The summed E-state index contributed by atoms with van der Waals surface area (Å²) in [6.07, 6.45) is 1.50. The van der Waals surface area contributed by atoms with Crippen LogP contribution in [0.15, 0.2) is 0 Å². The molecule has 0 aromatic carbocycles. The van der Waals surface area contributed by atoms with Crippen molar-refractivity contribution in [2.24, 2.45) is 11.8 Å². The number of carbonyl (C=O) groups is 2. The molecule has 0 bridgehead atoms. The monoisotopic (exact) mass is 215 g/mol. The Morgan fingerprint density at radius 3 is 2.67 bits per heavy atom. The van der Waals surface area contributed by atoms with Crippen molar-refractivity contribution in [1.29, 1.82) is 0 Å². The summed E-state index contributed by atoms with van der Waals surface area (Å²) < 4.78 is 4.57. The van der Waals surface area contributed by atoms with Crippen molar-refractivity contribution < 1.29 is 19.4 Å². The Morgan fingerprint density at radius 2 is 2.07 bits per heavy atom. The minimum absolute atomic E-state index is 0.107. The summed E-state index contributed by atoms with van der Waals surface area (Å²) in [4.78, 5) is 22.1. The third-order valence-electron chi connectivity index (χ3n) is 2.87. The van der Waals surface area contributed by atoms with Crippen molar-refractivity contribution in [3.8, 4) is 0 Å². The van der Waals surface area contributed by atoms with Gasteiger partial charge in [-0.15, -0.1) is 0 Å². The molecular weight excluding hydrogens is 198 g/mol. The Balaban J connectivity index is 2.61. The lowest BCUT2D eigenvalue weighted by Crippen LogP contribution is -2.26. The van der Waals surface area contributed by atoms with Crippen molar-refractivity contribution in [3.63, 3.8) is 0 Å². The van der Waals surface area contributed by atoms with Crippen LogP contribution in [0.3, 0.4) is 0 Å². The number of carboxylic acids is 1. The van der Waals surface area contributed by atoms with Gasteiger partial charge >= 0.3 is 11.9 Å². The Morgan fingerprint density at radius 1 is 1.40 bits per heavy atom. The Hall–Kier alpha value is -1.10. The molecule has 1 aliphatic rings. The summed E-state index contributed by atoms with van der Waals surface area (Å²) in [7, 11) is 1.33. The molecular formula is C10H17NO4. The van der Waals surface area contributed by atoms with Crippen LogP contribution in [0, 0.1) is 11.8 Å². The van der Waals surface area contributed by atoms with Gasteiger partial charge in [-0.3, -0.25) is 9.59 Å². The number of rotatable bonds is 3. The first-order chi connectivity index (χ1) is 7.15. The van der Waals surface area contributed by atoms with Crippen LogP contribution in [-0.4, -0.2) is 37.2 Å². The topological polar surface area (TPSA) is 75.6 Å². The van der Waals surface area contributed by atoms with E-state index in [4.69, 9.17) is 5.11 Å². The van der Waals surface area contributed by atoms with Gasteiger partial charge in [0.15, 0.2) is 0 Å². The van der Waals surface area contributed by atoms with Crippen LogP contribution in [0.4, 0.5) is 0 Å². The predicted molar refractivity (Wildman–Crippen MR) is 53.4 cm³/mol. The van der Waals surface area contributed by atoms with E-state index in [1.807, 2.05) is 0 Å². The van der Waals surface area contributed by atoms with E-state index < -0.39 is 11.9 Å². The van der Waals surface area contributed by atoms with Crippen molar-refractivity contribution in [2.75, 3.05) is 20.2 Å². The minimum atomic E-state index is -0.812. The molecule has 1 saturated heterocycles. The van der Waals surface area contributed by atoms with Crippen LogP contribution < -0.4 is 5.32 Å². The first-order valence-corrected chi connectivity index (χ1v) is 5.15. The zero-order chi connectivity index (χ0) is 11.3. The standard InChI is InChI=1S/C10H17NO4/c1-15-9(12)6-7-2-4-11-5-3-8(7)10(13)14/h7-8,11H,2-6H2,1H3,(H,13,14)/t7-,8+/m0/s1. The second kappa shape index (κ2) is 5.70. The molecule has 15 heavy (non-hydrogen) atoms. The summed E-state index contributed by atoms with van der Waals surface area (Å²) in [5.41, 5.74) is 0. The minimum Gasteiger partial charge on any atom is -0.481 e. The van der Waals surface area contributed by atoms with Crippen LogP contribution in [0.5, 0.6) is 0 Å². The third-order valence-corrected chi connectivity index (χ3v) is 2.87. The number of carboxylic acid groups (broad SMARTS) is 1. The lowest BCUT2D eigenvalue weighted by atomic mass is 9.85. The van der Waals surface area contributed by atoms with E-state index in [-0.39, 0.29) is 18.3 Å². The molecule has 5 heteroatoms. The summed E-state index contributed by atoms with van der Waals surface area (Å²) in [5.74, 6) is -1.68. The molecule has 2 N–H and O–H groups in total. The van der Waals surface area contributed by atoms with E-state index in [1.54, 1.807) is 0 Å². The number of hydrogen-bond donors (Lipinski definition) is 2. The van der Waals surface area contributed by atoms with Crippen LogP contribution in [-0.2, 0) is 14.3 Å². The second-order valence-electron chi connectivity index (χ2n) is 3.81. The molecule has 0 spiro atoms. The lowest BCUT2D eigenvalue weighted by molar-refractivity contribution is -0.146. The fraction of sp³-hybridized carbons (Fsp3) is 0.800. The quantitative estimate of drug-likeness (QED) is 0.660. The SMILES string of the molecule is COC(=O)C[C@@H]1CCNCC[C@H]1C(=O)O. The zero-order valence-electron chi connectivity index (χ0n) is 8.86. The second-order valence-corrected chi connectivity index (χ2v) is 3.81. The highest BCUT2D eigenvalue weighted by Crippen LogP contribution is 2.25. The molecule has 0 amide bonds. The van der Waals surface area contributed by atoms with Gasteiger partial charge in [0.1, 0.15) is 0 Å². The van der Waals surface area contributed by atoms with Crippen molar-refractivity contribution in [1.82, 2.24) is 5.32 Å². The summed E-state index contributed by atoms with van der Waals surface area (Å²) in [6, 6.07) is 0. The molecule has 0 aromatic heterocycles. The maximum atomic E-state index is 11.1. The predicted octanol–water partition coefficient (Wildman–Crippen LogP) is 0.250. The highest BCUT2D eigenvalue weighted by atomic mass is 16.5. The number of methoxy groups -OCH3 is 1. The van der Waals surface area contributed by atoms with Gasteiger partial charge in [0, 0.05) is 6.42 Å². The molecule has 0 aliphatic carbocycles. The zero-order valence-corrected chi connectivity index (χ0v) is 8.86. The Kier molecular flexibility index (Phi) is 4.55. The molecule has 2 atom stereocenters. The number of aliphatic carboxylic acids is 1. The summed E-state index contributed by atoms with van der Waals surface area (Å²) in [6.45, 7) is 1.47. The average Bonchev–Trinajstić information content (AvgIpc) is 2.43. The van der Waals surface area contributed by atoms with Gasteiger partial charge in [-0.25, -0.2) is 0 Å². The van der Waals surface area contributed by atoms with E-state index in [0.717, 1.165) is 6.54 Å². The van der Waals surface area contributed by atoms with E-state index in [2.05, 4.69) is 10.1 Å². The number of hydrogen-bond acceptors (Lipinski definition) is 4. The largest absolute Gasteiger partial charge is 0.481 e. The van der Waals surface area contributed by atoms with E-state index in [9.17, 15) is 9.59 Å². The highest BCUT2D eigenvalue weighted by molar-refractivity contribution is 5.73. The van der Waals surface area contributed by atoms with Gasteiger partial charge in [0.2, 0.25) is 0 Å². The smallest absolute Gasteiger partial charge is 0.306 e. The Labute approximate surface area is 88.8 Å². The Bertz CT molecular complexity index is 242. The van der Waals surface area contributed by atoms with Gasteiger partial charge in [0.05, 0.1) is 13.0 Å². The maximum absolute atomic E-state index is 11.1. The fourth-order valence-electron chi connectivity index (χ4n) is 1.97. The summed E-state index contributed by atoms with van der Waals surface area (Å²) >= 11 is 0. The average molecular weight is 215 g/mol. The molecule has 1 fully saturated rings. The van der Waals surface area contributed by atoms with E-state index in [1.165, 1.54) is 7.11 Å². The van der Waals surface area contributed by atoms with Crippen molar-refractivity contribution >= 4 is 11.9 Å². The molecule has 5 nitrogen and oxygen atoms in total. The van der Waals surface area contributed by atoms with Crippen molar-refractivity contribution in [2.45, 2.75) is 19.3 Å². The van der Waals surface area contributed by atoms with Gasteiger partial charge in [-0.05, 0) is 31.8 Å². The molecule has 0 radical (unpaired) electrons. The maximum Gasteiger partial charge on any atom is 0.306 e. The molecule has 0 unspecified atom stereocenters. The number of ether oxygens (including phenoxy) is 1. The lowest BCUT2D eigenvalue weighted by Gasteiger charge is -2.19. The molecule has 1 aliphatic heterocycles. The first-order valence-electron chi connectivity index (χ1n) is 5.15. The van der Waals surface area contributed by atoms with Crippen LogP contribution in [0.25, 0.3) is 0 Å². The van der Waals surface area contributed by atoms with E-state index in [0.29, 0.717) is 19.4 Å². The normalized spacial score (nSPS) is 26.7. The number of carbonyl (C=O) groups excluding carboxylic acids is 1. The van der Waals surface area contributed by atoms with Gasteiger partial charge in [0.25, 0.3) is 0 Å². The van der Waals surface area contributed by atoms with Gasteiger partial charge < -0.3 is 15.2 Å². The summed E-state index contributed by atoms with van der Waals surface area (Å²) in [5, 5.41) is 12.2. The number of esters is 1. The van der Waals surface area contributed by atoms with Crippen LogP contribution >= 0.6 is 0 Å². The molecule has 1 rings (SSSR count). The van der Waals surface area contributed by atoms with Crippen LogP contribution in [0.1, 0.15) is 19.3 Å². The van der Waals surface area contributed by atoms with E-state index >= 15 is 0 Å². The van der Waals surface area contributed by atoms with Gasteiger partial charge in [-0.1, -0.05) is 0 Å². The molecule has 0 saturated carbocycles. The highest BCUT2D eigenvalue weighted by Gasteiger charge is 2.31. The van der Waals surface area contributed by atoms with Gasteiger partial charge in [-0.2, -0.15) is 0 Å². The fourth-order valence-corrected chi connectivity index (χ4v) is 1.97. The first kappa shape index (κ1) is 12.0.